The van der Waals surface area contributed by atoms with Crippen LogP contribution < -0.4 is 0 Å². The maximum atomic E-state index is 6.29. The van der Waals surface area contributed by atoms with Gasteiger partial charge in [0.15, 0.2) is 18.2 Å². The lowest BCUT2D eigenvalue weighted by molar-refractivity contribution is -0.577. The molecule has 1 aliphatic carbocycles. The summed E-state index contributed by atoms with van der Waals surface area (Å²) in [6.07, 6.45) is 3.59. The van der Waals surface area contributed by atoms with Crippen LogP contribution >= 0.6 is 15.9 Å². The Labute approximate surface area is 146 Å². The molecule has 5 rings (SSSR count). The van der Waals surface area contributed by atoms with Gasteiger partial charge in [-0.3, -0.25) is 0 Å². The molecule has 5 nitrogen and oxygen atoms in total. The van der Waals surface area contributed by atoms with Crippen molar-refractivity contribution in [2.45, 2.75) is 70.4 Å². The largest absolute Gasteiger partial charge is 0.351 e. The summed E-state index contributed by atoms with van der Waals surface area (Å²) in [5.74, 6) is 0.894. The van der Waals surface area contributed by atoms with Crippen LogP contribution in [0, 0.1) is 23.7 Å². The Balaban J connectivity index is 1.70. The first-order valence-electron chi connectivity index (χ1n) is 8.88. The minimum Gasteiger partial charge on any atom is -0.351 e. The monoisotopic (exact) mass is 390 g/mol. The molecule has 132 valence electrons. The van der Waals surface area contributed by atoms with E-state index in [0.717, 1.165) is 24.6 Å². The SMILES string of the molecule is C[C@@H]1CCC2[C@@H](C)[C@H](OCCBr)OC3O[C@@]4(C)CC[C@@H]1[C@]32OO4. The molecule has 0 N–H and O–H groups in total. The highest BCUT2D eigenvalue weighted by molar-refractivity contribution is 9.09. The zero-order valence-corrected chi connectivity index (χ0v) is 15.7. The summed E-state index contributed by atoms with van der Waals surface area (Å²) in [4.78, 5) is 11.9. The van der Waals surface area contributed by atoms with Crippen LogP contribution in [0.3, 0.4) is 0 Å². The van der Waals surface area contributed by atoms with Crippen molar-refractivity contribution < 1.29 is 24.0 Å². The number of hydrogen-bond acceptors (Lipinski definition) is 5. The van der Waals surface area contributed by atoms with Gasteiger partial charge in [0.05, 0.1) is 6.61 Å². The molecule has 6 heteroatoms. The minimum absolute atomic E-state index is 0.242. The van der Waals surface area contributed by atoms with Crippen LogP contribution in [0.2, 0.25) is 0 Å². The summed E-state index contributed by atoms with van der Waals surface area (Å²) in [6, 6.07) is 0. The van der Waals surface area contributed by atoms with Crippen molar-refractivity contribution >= 4 is 15.9 Å². The Bertz CT molecular complexity index is 462. The first-order chi connectivity index (χ1) is 11.0. The molecule has 0 amide bonds. The molecule has 1 spiro atoms. The van der Waals surface area contributed by atoms with Crippen molar-refractivity contribution in [3.63, 3.8) is 0 Å². The van der Waals surface area contributed by atoms with Crippen LogP contribution in [0.1, 0.15) is 46.5 Å². The smallest absolute Gasteiger partial charge is 0.201 e. The second-order valence-electron chi connectivity index (χ2n) is 7.83. The van der Waals surface area contributed by atoms with E-state index in [1.165, 1.54) is 6.42 Å². The van der Waals surface area contributed by atoms with Gasteiger partial charge in [0.25, 0.3) is 0 Å². The maximum Gasteiger partial charge on any atom is 0.201 e. The summed E-state index contributed by atoms with van der Waals surface area (Å²) >= 11 is 3.42. The molecule has 4 aliphatic heterocycles. The molecule has 0 aromatic rings. The van der Waals surface area contributed by atoms with Crippen LogP contribution in [0.4, 0.5) is 0 Å². The van der Waals surface area contributed by atoms with E-state index in [0.29, 0.717) is 24.4 Å². The van der Waals surface area contributed by atoms with E-state index in [-0.39, 0.29) is 12.2 Å². The predicted octanol–water partition coefficient (Wildman–Crippen LogP) is 3.61. The minimum atomic E-state index is -0.710. The Kier molecular flexibility index (Phi) is 4.31. The zero-order chi connectivity index (χ0) is 16.2. The number of rotatable bonds is 3. The summed E-state index contributed by atoms with van der Waals surface area (Å²) in [5.41, 5.74) is -0.485. The van der Waals surface area contributed by atoms with Gasteiger partial charge < -0.3 is 14.2 Å². The van der Waals surface area contributed by atoms with Crippen molar-refractivity contribution in [3.05, 3.63) is 0 Å². The van der Waals surface area contributed by atoms with Crippen molar-refractivity contribution in [2.75, 3.05) is 11.9 Å². The highest BCUT2D eigenvalue weighted by Gasteiger charge is 2.69. The molecule has 4 saturated heterocycles. The topological polar surface area (TPSA) is 46.2 Å². The molecule has 23 heavy (non-hydrogen) atoms. The van der Waals surface area contributed by atoms with Crippen molar-refractivity contribution in [1.82, 2.24) is 0 Å². The van der Waals surface area contributed by atoms with Gasteiger partial charge in [0.1, 0.15) is 0 Å². The van der Waals surface area contributed by atoms with Gasteiger partial charge in [-0.25, -0.2) is 9.78 Å². The van der Waals surface area contributed by atoms with Crippen LogP contribution in [-0.2, 0) is 24.0 Å². The van der Waals surface area contributed by atoms with E-state index in [9.17, 15) is 0 Å². The van der Waals surface area contributed by atoms with Gasteiger partial charge in [0.2, 0.25) is 5.79 Å². The van der Waals surface area contributed by atoms with E-state index < -0.39 is 17.7 Å². The van der Waals surface area contributed by atoms with Crippen LogP contribution in [0.5, 0.6) is 0 Å². The first-order valence-corrected chi connectivity index (χ1v) is 10.00. The molecule has 5 aliphatic rings. The second-order valence-corrected chi connectivity index (χ2v) is 8.63. The van der Waals surface area contributed by atoms with Gasteiger partial charge >= 0.3 is 0 Å². The van der Waals surface area contributed by atoms with Crippen LogP contribution in [0.15, 0.2) is 0 Å². The fraction of sp³-hybridized carbons (Fsp3) is 1.00. The molecule has 4 heterocycles. The molecule has 1 saturated carbocycles. The van der Waals surface area contributed by atoms with Crippen LogP contribution in [0.25, 0.3) is 0 Å². The number of ether oxygens (including phenoxy) is 3. The van der Waals surface area contributed by atoms with Gasteiger partial charge in [-0.1, -0.05) is 29.8 Å². The number of halogens is 1. The lowest BCUT2D eigenvalue weighted by Gasteiger charge is -2.60. The van der Waals surface area contributed by atoms with Gasteiger partial charge in [-0.2, -0.15) is 0 Å². The third-order valence-corrected chi connectivity index (χ3v) is 6.78. The third-order valence-electron chi connectivity index (χ3n) is 6.46. The quantitative estimate of drug-likeness (QED) is 0.544. The molecule has 8 atom stereocenters. The van der Waals surface area contributed by atoms with Crippen molar-refractivity contribution in [1.29, 1.82) is 0 Å². The molecule has 0 aromatic carbocycles. The summed E-state index contributed by atoms with van der Waals surface area (Å²) in [6.45, 7) is 7.13. The number of hydrogen-bond donors (Lipinski definition) is 0. The third kappa shape index (κ3) is 2.44. The van der Waals surface area contributed by atoms with E-state index >= 15 is 0 Å². The van der Waals surface area contributed by atoms with E-state index in [4.69, 9.17) is 24.0 Å². The Morgan fingerprint density at radius 2 is 1.96 bits per heavy atom. The van der Waals surface area contributed by atoms with E-state index in [2.05, 4.69) is 29.8 Å². The predicted molar refractivity (Wildman–Crippen MR) is 86.6 cm³/mol. The van der Waals surface area contributed by atoms with E-state index in [1.54, 1.807) is 0 Å². The number of fused-ring (bicyclic) bond motifs is 2. The van der Waals surface area contributed by atoms with Gasteiger partial charge in [-0.15, -0.1) is 0 Å². The highest BCUT2D eigenvalue weighted by atomic mass is 79.9. The zero-order valence-electron chi connectivity index (χ0n) is 14.1. The number of alkyl halides is 1. The lowest BCUT2D eigenvalue weighted by Crippen LogP contribution is -2.70. The van der Waals surface area contributed by atoms with Crippen LogP contribution in [-0.4, -0.2) is 35.9 Å². The van der Waals surface area contributed by atoms with Crippen molar-refractivity contribution in [3.8, 4) is 0 Å². The average Bonchev–Trinajstić information content (AvgIpc) is 2.76. The Morgan fingerprint density at radius 3 is 2.74 bits per heavy atom. The van der Waals surface area contributed by atoms with Gasteiger partial charge in [-0.05, 0) is 38.0 Å². The highest BCUT2D eigenvalue weighted by Crippen LogP contribution is 2.60. The summed E-state index contributed by atoms with van der Waals surface area (Å²) < 4.78 is 18.5. The molecule has 0 aromatic heterocycles. The maximum absolute atomic E-state index is 6.29. The fourth-order valence-corrected chi connectivity index (χ4v) is 5.41. The standard InChI is InChI=1S/C17H27BrO5/c1-10-4-5-13-11(2)14(19-9-8-18)20-15-17(13)12(10)6-7-16(3,21-15)22-23-17/h10-15H,4-9H2,1-3H3/t10-,11-,12+,13?,14-,15?,16-,17-/m1/s1. The molecule has 2 bridgehead atoms. The molecular weight excluding hydrogens is 364 g/mol. The Morgan fingerprint density at radius 1 is 1.13 bits per heavy atom. The average molecular weight is 391 g/mol. The Hall–Kier alpha value is 0.280. The summed E-state index contributed by atoms with van der Waals surface area (Å²) in [5, 5.41) is 0.803. The molecular formula is C17H27BrO5. The van der Waals surface area contributed by atoms with Gasteiger partial charge in [0, 0.05) is 23.6 Å². The lowest BCUT2D eigenvalue weighted by atomic mass is 9.58. The first kappa shape index (κ1) is 16.7. The van der Waals surface area contributed by atoms with Crippen molar-refractivity contribution in [2.24, 2.45) is 23.7 Å². The molecule has 0 radical (unpaired) electrons. The molecule has 2 unspecified atom stereocenters. The summed E-state index contributed by atoms with van der Waals surface area (Å²) in [7, 11) is 0. The molecule has 5 fully saturated rings. The van der Waals surface area contributed by atoms with E-state index in [1.807, 2.05) is 6.92 Å². The fourth-order valence-electron chi connectivity index (χ4n) is 5.22. The normalized spacial score (nSPS) is 55.3. The second kappa shape index (κ2) is 5.92.